The zero-order valence-electron chi connectivity index (χ0n) is 11.6. The molecule has 20 heavy (non-hydrogen) atoms. The SMILES string of the molecule is CSc1nc(-c2cccc(C)c2)c2c(N)n(C)nc2n1. The van der Waals surface area contributed by atoms with Crippen LogP contribution in [0.5, 0.6) is 0 Å². The van der Waals surface area contributed by atoms with Crippen LogP contribution in [0.2, 0.25) is 0 Å². The molecular formula is C14H15N5S. The summed E-state index contributed by atoms with van der Waals surface area (Å²) in [7, 11) is 1.82. The highest BCUT2D eigenvalue weighted by atomic mass is 32.2. The van der Waals surface area contributed by atoms with Gasteiger partial charge in [0.1, 0.15) is 5.82 Å². The molecule has 3 aromatic rings. The quantitative estimate of drug-likeness (QED) is 0.579. The summed E-state index contributed by atoms with van der Waals surface area (Å²) >= 11 is 1.50. The van der Waals surface area contributed by atoms with E-state index in [1.807, 2.05) is 25.4 Å². The molecule has 5 nitrogen and oxygen atoms in total. The number of nitrogens with two attached hydrogens (primary N) is 1. The first kappa shape index (κ1) is 12.9. The summed E-state index contributed by atoms with van der Waals surface area (Å²) in [5.74, 6) is 0.587. The van der Waals surface area contributed by atoms with E-state index in [1.54, 1.807) is 4.68 Å². The van der Waals surface area contributed by atoms with Crippen molar-refractivity contribution in [1.82, 2.24) is 19.7 Å². The Balaban J connectivity index is 2.38. The van der Waals surface area contributed by atoms with E-state index in [1.165, 1.54) is 17.3 Å². The van der Waals surface area contributed by atoms with Crippen LogP contribution in [0.4, 0.5) is 5.82 Å². The average molecular weight is 285 g/mol. The van der Waals surface area contributed by atoms with E-state index < -0.39 is 0 Å². The van der Waals surface area contributed by atoms with Crippen LogP contribution in [-0.4, -0.2) is 26.0 Å². The first-order valence-corrected chi connectivity index (χ1v) is 7.44. The largest absolute Gasteiger partial charge is 0.383 e. The lowest BCUT2D eigenvalue weighted by molar-refractivity contribution is 0.784. The zero-order chi connectivity index (χ0) is 14.3. The number of benzene rings is 1. The molecule has 102 valence electrons. The molecule has 6 heteroatoms. The second-order valence-electron chi connectivity index (χ2n) is 4.64. The van der Waals surface area contributed by atoms with Crippen LogP contribution in [-0.2, 0) is 7.05 Å². The van der Waals surface area contributed by atoms with E-state index in [-0.39, 0.29) is 0 Å². The van der Waals surface area contributed by atoms with Crippen LogP contribution < -0.4 is 5.73 Å². The number of nitrogens with zero attached hydrogens (tertiary/aromatic N) is 4. The van der Waals surface area contributed by atoms with Gasteiger partial charge in [0.2, 0.25) is 0 Å². The molecule has 0 unspecified atom stereocenters. The average Bonchev–Trinajstić information content (AvgIpc) is 2.73. The number of hydrogen-bond donors (Lipinski definition) is 1. The summed E-state index contributed by atoms with van der Waals surface area (Å²) in [6.07, 6.45) is 1.95. The Morgan fingerprint density at radius 3 is 2.75 bits per heavy atom. The zero-order valence-corrected chi connectivity index (χ0v) is 12.4. The molecule has 0 radical (unpaired) electrons. The fourth-order valence-corrected chi connectivity index (χ4v) is 2.55. The molecule has 0 saturated heterocycles. The summed E-state index contributed by atoms with van der Waals surface area (Å²) < 4.78 is 1.64. The van der Waals surface area contributed by atoms with Crippen molar-refractivity contribution in [1.29, 1.82) is 0 Å². The van der Waals surface area contributed by atoms with Crippen molar-refractivity contribution in [2.75, 3.05) is 12.0 Å². The van der Waals surface area contributed by atoms with E-state index in [9.17, 15) is 0 Å². The lowest BCUT2D eigenvalue weighted by atomic mass is 10.1. The number of anilines is 1. The molecule has 0 saturated carbocycles. The molecule has 0 amide bonds. The molecule has 0 bridgehead atoms. The van der Waals surface area contributed by atoms with Gasteiger partial charge in [0.25, 0.3) is 0 Å². The molecule has 2 heterocycles. The number of fused-ring (bicyclic) bond motifs is 1. The standard InChI is InChI=1S/C14H15N5S/c1-8-5-4-6-9(7-8)11-10-12(15)19(2)18-13(10)17-14(16-11)20-3/h4-7H,15H2,1-3H3. The lowest BCUT2D eigenvalue weighted by Crippen LogP contribution is -1.97. The van der Waals surface area contributed by atoms with Gasteiger partial charge in [-0.3, -0.25) is 4.68 Å². The normalized spacial score (nSPS) is 11.2. The Morgan fingerprint density at radius 1 is 1.25 bits per heavy atom. The van der Waals surface area contributed by atoms with E-state index in [0.29, 0.717) is 16.6 Å². The predicted octanol–water partition coefficient (Wildman–Crippen LogP) is 2.64. The molecule has 0 atom stereocenters. The summed E-state index contributed by atoms with van der Waals surface area (Å²) in [5.41, 5.74) is 9.82. The van der Waals surface area contributed by atoms with Gasteiger partial charge in [-0.1, -0.05) is 35.5 Å². The fourth-order valence-electron chi connectivity index (χ4n) is 2.19. The van der Waals surface area contributed by atoms with Crippen LogP contribution in [0.1, 0.15) is 5.56 Å². The first-order chi connectivity index (χ1) is 9.60. The molecule has 0 aliphatic carbocycles. The van der Waals surface area contributed by atoms with Gasteiger partial charge in [-0.05, 0) is 19.2 Å². The third-order valence-electron chi connectivity index (χ3n) is 3.19. The number of hydrogen-bond acceptors (Lipinski definition) is 5. The van der Waals surface area contributed by atoms with Gasteiger partial charge in [0, 0.05) is 12.6 Å². The monoisotopic (exact) mass is 285 g/mol. The Morgan fingerprint density at radius 2 is 2.05 bits per heavy atom. The highest BCUT2D eigenvalue weighted by Crippen LogP contribution is 2.31. The summed E-state index contributed by atoms with van der Waals surface area (Å²) in [6, 6.07) is 8.21. The van der Waals surface area contributed by atoms with Crippen molar-refractivity contribution >= 4 is 28.6 Å². The second-order valence-corrected chi connectivity index (χ2v) is 5.41. The topological polar surface area (TPSA) is 69.6 Å². The van der Waals surface area contributed by atoms with Gasteiger partial charge in [-0.25, -0.2) is 9.97 Å². The van der Waals surface area contributed by atoms with Gasteiger partial charge < -0.3 is 5.73 Å². The molecule has 0 spiro atoms. The van der Waals surface area contributed by atoms with Crippen LogP contribution in [0.25, 0.3) is 22.3 Å². The maximum atomic E-state index is 6.12. The lowest BCUT2D eigenvalue weighted by Gasteiger charge is -2.06. The highest BCUT2D eigenvalue weighted by Gasteiger charge is 2.16. The van der Waals surface area contributed by atoms with Crippen molar-refractivity contribution < 1.29 is 0 Å². The van der Waals surface area contributed by atoms with Crippen LogP contribution in [0.15, 0.2) is 29.4 Å². The number of rotatable bonds is 2. The highest BCUT2D eigenvalue weighted by molar-refractivity contribution is 7.98. The van der Waals surface area contributed by atoms with E-state index >= 15 is 0 Å². The Labute approximate surface area is 121 Å². The predicted molar refractivity (Wildman–Crippen MR) is 82.7 cm³/mol. The molecule has 1 aromatic carbocycles. The third kappa shape index (κ3) is 2.02. The van der Waals surface area contributed by atoms with Crippen molar-refractivity contribution in [3.63, 3.8) is 0 Å². The number of nitrogen functional groups attached to an aromatic ring is 1. The minimum absolute atomic E-state index is 0.587. The number of aryl methyl sites for hydroxylation is 2. The molecule has 0 aliphatic heterocycles. The molecule has 2 N–H and O–H groups in total. The van der Waals surface area contributed by atoms with Crippen molar-refractivity contribution in [3.05, 3.63) is 29.8 Å². The van der Waals surface area contributed by atoms with Crippen LogP contribution >= 0.6 is 11.8 Å². The van der Waals surface area contributed by atoms with Gasteiger partial charge >= 0.3 is 0 Å². The summed E-state index contributed by atoms with van der Waals surface area (Å²) in [4.78, 5) is 9.05. The third-order valence-corrected chi connectivity index (χ3v) is 3.74. The summed E-state index contributed by atoms with van der Waals surface area (Å²) in [6.45, 7) is 2.06. The van der Waals surface area contributed by atoms with Crippen LogP contribution in [0, 0.1) is 6.92 Å². The fraction of sp³-hybridized carbons (Fsp3) is 0.214. The molecule has 0 aliphatic rings. The first-order valence-electron chi connectivity index (χ1n) is 6.21. The van der Waals surface area contributed by atoms with Crippen molar-refractivity contribution in [2.45, 2.75) is 12.1 Å². The Kier molecular flexibility index (Phi) is 3.10. The Hall–Kier alpha value is -2.08. The van der Waals surface area contributed by atoms with Gasteiger partial charge in [0.05, 0.1) is 11.1 Å². The van der Waals surface area contributed by atoms with Crippen molar-refractivity contribution in [2.24, 2.45) is 7.05 Å². The maximum Gasteiger partial charge on any atom is 0.190 e. The van der Waals surface area contributed by atoms with Crippen molar-refractivity contribution in [3.8, 4) is 11.3 Å². The molecule has 3 rings (SSSR count). The smallest absolute Gasteiger partial charge is 0.190 e. The van der Waals surface area contributed by atoms with E-state index in [2.05, 4.69) is 34.1 Å². The van der Waals surface area contributed by atoms with E-state index in [4.69, 9.17) is 5.73 Å². The minimum atomic E-state index is 0.587. The second kappa shape index (κ2) is 4.79. The summed E-state index contributed by atoms with van der Waals surface area (Å²) in [5, 5.41) is 5.87. The van der Waals surface area contributed by atoms with Gasteiger partial charge in [-0.2, -0.15) is 5.10 Å². The maximum absolute atomic E-state index is 6.12. The Bertz CT molecular complexity index is 794. The van der Waals surface area contributed by atoms with E-state index in [0.717, 1.165) is 16.6 Å². The molecular weight excluding hydrogens is 270 g/mol. The van der Waals surface area contributed by atoms with Crippen LogP contribution in [0.3, 0.4) is 0 Å². The molecule has 0 fully saturated rings. The molecule has 2 aromatic heterocycles. The number of thioether (sulfide) groups is 1. The number of aromatic nitrogens is 4. The van der Waals surface area contributed by atoms with Gasteiger partial charge in [0.15, 0.2) is 10.8 Å². The minimum Gasteiger partial charge on any atom is -0.383 e. The van der Waals surface area contributed by atoms with Gasteiger partial charge in [-0.15, -0.1) is 0 Å².